The summed E-state index contributed by atoms with van der Waals surface area (Å²) in [4.78, 5) is 20.3. The third kappa shape index (κ3) is 2.45. The molecule has 1 amide bonds. The third-order valence-corrected chi connectivity index (χ3v) is 7.38. The summed E-state index contributed by atoms with van der Waals surface area (Å²) in [5.74, 6) is 3.00. The van der Waals surface area contributed by atoms with E-state index in [1.165, 1.54) is 51.4 Å². The van der Waals surface area contributed by atoms with Gasteiger partial charge in [-0.05, 0) is 44.9 Å². The molecular weight excluding hydrogens is 324 g/mol. The molecule has 4 aliphatic rings. The molecule has 0 saturated heterocycles. The molecule has 2 heterocycles. The van der Waals surface area contributed by atoms with Crippen LogP contribution in [-0.4, -0.2) is 26.7 Å². The van der Waals surface area contributed by atoms with Crippen molar-refractivity contribution in [1.82, 2.24) is 14.8 Å². The Morgan fingerprint density at radius 3 is 2.58 bits per heavy atom. The topological polar surface area (TPSA) is 51.0 Å². The zero-order valence-electron chi connectivity index (χ0n) is 16.1. The van der Waals surface area contributed by atoms with Crippen LogP contribution < -0.4 is 4.90 Å². The molecule has 1 aromatic heterocycles. The molecular formula is C21H32N4O. The fourth-order valence-corrected chi connectivity index (χ4v) is 6.02. The van der Waals surface area contributed by atoms with E-state index in [1.807, 2.05) is 0 Å². The number of amides is 1. The molecule has 5 heteroatoms. The third-order valence-electron chi connectivity index (χ3n) is 7.38. The van der Waals surface area contributed by atoms with Crippen molar-refractivity contribution < 1.29 is 4.79 Å². The van der Waals surface area contributed by atoms with Crippen LogP contribution in [0.5, 0.6) is 0 Å². The Morgan fingerprint density at radius 2 is 1.85 bits per heavy atom. The molecule has 5 rings (SSSR count). The molecule has 0 aromatic carbocycles. The predicted octanol–water partition coefficient (Wildman–Crippen LogP) is 4.21. The average molecular weight is 357 g/mol. The number of hydrogen-bond donors (Lipinski definition) is 0. The lowest BCUT2D eigenvalue weighted by molar-refractivity contribution is -0.122. The molecule has 1 spiro atoms. The first-order valence-corrected chi connectivity index (χ1v) is 11.0. The maximum atomic E-state index is 13.3. The summed E-state index contributed by atoms with van der Waals surface area (Å²) in [5.41, 5.74) is 0.123. The number of carbonyl (C=O) groups is 1. The molecule has 0 unspecified atom stereocenters. The summed E-state index contributed by atoms with van der Waals surface area (Å²) in [6, 6.07) is 0.362. The minimum Gasteiger partial charge on any atom is -0.277 e. The maximum absolute atomic E-state index is 13.3. The van der Waals surface area contributed by atoms with Crippen LogP contribution in [0.3, 0.4) is 0 Å². The molecule has 3 fully saturated rings. The van der Waals surface area contributed by atoms with Crippen LogP contribution in [0.25, 0.3) is 0 Å². The molecule has 142 valence electrons. The van der Waals surface area contributed by atoms with Crippen molar-refractivity contribution in [3.05, 3.63) is 5.82 Å². The first kappa shape index (κ1) is 16.8. The van der Waals surface area contributed by atoms with Gasteiger partial charge >= 0.3 is 0 Å². The second-order valence-electron chi connectivity index (χ2n) is 9.09. The largest absolute Gasteiger partial charge is 0.277 e. The van der Waals surface area contributed by atoms with Gasteiger partial charge in [0.05, 0.1) is 5.54 Å². The number of aromatic nitrogens is 3. The van der Waals surface area contributed by atoms with Crippen molar-refractivity contribution in [3.8, 4) is 0 Å². The Hall–Kier alpha value is -1.39. The standard InChI is InChI=1S/C21H32N4O/c1-2-8-18-22-20-24(19(26)15-11-12-15)17-10-5-4-9-16(17)21(25(20)23-18)13-6-3-7-14-21/h15-17H,2-14H2,1H3/t16-,17+/m1/s1. The number of hydrogen-bond acceptors (Lipinski definition) is 3. The van der Waals surface area contributed by atoms with Gasteiger partial charge in [0, 0.05) is 24.3 Å². The van der Waals surface area contributed by atoms with Crippen LogP contribution in [0, 0.1) is 11.8 Å². The minimum atomic E-state index is 0.123. The zero-order chi connectivity index (χ0) is 17.7. The summed E-state index contributed by atoms with van der Waals surface area (Å²) in [5, 5.41) is 5.03. The lowest BCUT2D eigenvalue weighted by atomic mass is 9.64. The quantitative estimate of drug-likeness (QED) is 0.815. The van der Waals surface area contributed by atoms with Crippen molar-refractivity contribution in [2.24, 2.45) is 11.8 Å². The van der Waals surface area contributed by atoms with Crippen LogP contribution in [-0.2, 0) is 16.8 Å². The highest BCUT2D eigenvalue weighted by molar-refractivity contribution is 5.96. The van der Waals surface area contributed by atoms with Gasteiger partial charge in [-0.3, -0.25) is 9.69 Å². The van der Waals surface area contributed by atoms with E-state index in [9.17, 15) is 4.79 Å². The van der Waals surface area contributed by atoms with E-state index in [2.05, 4.69) is 16.5 Å². The molecule has 0 bridgehead atoms. The van der Waals surface area contributed by atoms with Gasteiger partial charge < -0.3 is 0 Å². The zero-order valence-corrected chi connectivity index (χ0v) is 16.1. The van der Waals surface area contributed by atoms with Gasteiger partial charge in [-0.15, -0.1) is 0 Å². The number of rotatable bonds is 3. The van der Waals surface area contributed by atoms with Crippen molar-refractivity contribution >= 4 is 11.9 Å². The van der Waals surface area contributed by atoms with E-state index in [4.69, 9.17) is 10.1 Å². The summed E-state index contributed by atoms with van der Waals surface area (Å²) >= 11 is 0. The monoisotopic (exact) mass is 356 g/mol. The van der Waals surface area contributed by atoms with E-state index in [1.54, 1.807) is 0 Å². The summed E-state index contributed by atoms with van der Waals surface area (Å²) in [7, 11) is 0. The van der Waals surface area contributed by atoms with Gasteiger partial charge in [-0.25, -0.2) is 4.68 Å². The molecule has 0 radical (unpaired) electrons. The number of aryl methyl sites for hydroxylation is 1. The molecule has 5 nitrogen and oxygen atoms in total. The Morgan fingerprint density at radius 1 is 1.08 bits per heavy atom. The Labute approximate surface area is 156 Å². The molecule has 3 aliphatic carbocycles. The fraction of sp³-hybridized carbons (Fsp3) is 0.857. The normalized spacial score (nSPS) is 30.1. The van der Waals surface area contributed by atoms with Gasteiger partial charge in [0.25, 0.3) is 0 Å². The first-order valence-electron chi connectivity index (χ1n) is 11.0. The van der Waals surface area contributed by atoms with Gasteiger partial charge in [-0.2, -0.15) is 10.1 Å². The summed E-state index contributed by atoms with van der Waals surface area (Å²) in [6.07, 6.45) is 15.4. The first-order chi connectivity index (χ1) is 12.7. The van der Waals surface area contributed by atoms with Crippen molar-refractivity contribution in [1.29, 1.82) is 0 Å². The van der Waals surface area contributed by atoms with Gasteiger partial charge in [0.2, 0.25) is 11.9 Å². The van der Waals surface area contributed by atoms with Crippen LogP contribution in [0.4, 0.5) is 5.95 Å². The minimum absolute atomic E-state index is 0.123. The Balaban J connectivity index is 1.65. The summed E-state index contributed by atoms with van der Waals surface area (Å²) < 4.78 is 2.27. The second kappa shape index (κ2) is 6.35. The number of carbonyl (C=O) groups excluding carboxylic acids is 1. The van der Waals surface area contributed by atoms with Gasteiger partial charge in [0.1, 0.15) is 0 Å². The molecule has 1 aliphatic heterocycles. The van der Waals surface area contributed by atoms with Crippen LogP contribution in [0.1, 0.15) is 89.8 Å². The number of anilines is 1. The van der Waals surface area contributed by atoms with E-state index in [0.717, 1.165) is 43.9 Å². The van der Waals surface area contributed by atoms with E-state index in [-0.39, 0.29) is 11.5 Å². The highest BCUT2D eigenvalue weighted by atomic mass is 16.2. The number of fused-ring (bicyclic) bond motifs is 4. The van der Waals surface area contributed by atoms with Crippen LogP contribution >= 0.6 is 0 Å². The SMILES string of the molecule is CCCc1nc2n(n1)C1(CCCCC1)[C@@H]1CCCC[C@@H]1N2C(=O)C1CC1. The lowest BCUT2D eigenvalue weighted by Crippen LogP contribution is -2.61. The van der Waals surface area contributed by atoms with Gasteiger partial charge in [-0.1, -0.05) is 39.0 Å². The molecule has 0 N–H and O–H groups in total. The average Bonchev–Trinajstić information content (AvgIpc) is 3.44. The number of nitrogens with zero attached hydrogens (tertiary/aromatic N) is 4. The summed E-state index contributed by atoms with van der Waals surface area (Å²) in [6.45, 7) is 2.18. The van der Waals surface area contributed by atoms with Crippen LogP contribution in [0.15, 0.2) is 0 Å². The van der Waals surface area contributed by atoms with E-state index in [0.29, 0.717) is 17.9 Å². The van der Waals surface area contributed by atoms with Crippen molar-refractivity contribution in [3.63, 3.8) is 0 Å². The van der Waals surface area contributed by atoms with E-state index >= 15 is 0 Å². The van der Waals surface area contributed by atoms with E-state index < -0.39 is 0 Å². The molecule has 26 heavy (non-hydrogen) atoms. The smallest absolute Gasteiger partial charge is 0.232 e. The highest BCUT2D eigenvalue weighted by Crippen LogP contribution is 2.53. The fourth-order valence-electron chi connectivity index (χ4n) is 6.02. The Kier molecular flexibility index (Phi) is 4.09. The second-order valence-corrected chi connectivity index (χ2v) is 9.09. The molecule has 1 aromatic rings. The van der Waals surface area contributed by atoms with Crippen molar-refractivity contribution in [2.45, 2.75) is 102 Å². The van der Waals surface area contributed by atoms with Crippen LogP contribution in [0.2, 0.25) is 0 Å². The van der Waals surface area contributed by atoms with Crippen molar-refractivity contribution in [2.75, 3.05) is 4.90 Å². The predicted molar refractivity (Wildman–Crippen MR) is 101 cm³/mol. The molecule has 2 atom stereocenters. The van der Waals surface area contributed by atoms with Gasteiger partial charge in [0.15, 0.2) is 5.82 Å². The highest BCUT2D eigenvalue weighted by Gasteiger charge is 2.56. The molecule has 3 saturated carbocycles. The Bertz CT molecular complexity index is 686. The maximum Gasteiger partial charge on any atom is 0.232 e. The lowest BCUT2D eigenvalue weighted by Gasteiger charge is -2.55.